The molecule has 0 aliphatic rings. The van der Waals surface area contributed by atoms with E-state index in [-0.39, 0.29) is 65.1 Å². The molecule has 692 valence electrons. The highest BCUT2D eigenvalue weighted by Gasteiger charge is 2.29. The fourth-order valence-electron chi connectivity index (χ4n) is 11.4. The van der Waals surface area contributed by atoms with Gasteiger partial charge in [-0.15, -0.1) is 46.7 Å². The van der Waals surface area contributed by atoms with Crippen LogP contribution in [0.15, 0.2) is 80.4 Å². The number of carboxylic acid groups (broad SMARTS) is 2. The van der Waals surface area contributed by atoms with Gasteiger partial charge < -0.3 is 91.6 Å². The Morgan fingerprint density at radius 3 is 1.20 bits per heavy atom. The number of guanidine groups is 1. The highest BCUT2D eigenvalue weighted by molar-refractivity contribution is 5.95. The number of hydrogen-bond acceptors (Lipinski definition) is 25. The molecule has 4 heterocycles. The van der Waals surface area contributed by atoms with Gasteiger partial charge in [0.1, 0.15) is 44.7 Å². The van der Waals surface area contributed by atoms with E-state index in [9.17, 15) is 33.6 Å². The number of nitrogens with zero attached hydrogens (tertiary/aromatic N) is 13. The van der Waals surface area contributed by atoms with E-state index in [1.54, 1.807) is 9.36 Å². The van der Waals surface area contributed by atoms with Crippen LogP contribution in [0.4, 0.5) is 4.79 Å². The summed E-state index contributed by atoms with van der Waals surface area (Å²) in [5.74, 6) is -7.27. The number of nitrogens with one attached hydrogen (secondary N) is 5. The van der Waals surface area contributed by atoms with Crippen LogP contribution < -0.4 is 38.1 Å². The lowest BCUT2D eigenvalue weighted by atomic mass is 10.1. The summed E-state index contributed by atoms with van der Waals surface area (Å²) in [5, 5.41) is 79.9. The van der Waals surface area contributed by atoms with Gasteiger partial charge in [0.25, 0.3) is 0 Å². The van der Waals surface area contributed by atoms with Crippen molar-refractivity contribution in [3.05, 3.63) is 98.2 Å². The summed E-state index contributed by atoms with van der Waals surface area (Å²) in [4.78, 5) is 88.6. The Balaban J connectivity index is 0.000000952. The van der Waals surface area contributed by atoms with Gasteiger partial charge in [0.15, 0.2) is 5.96 Å². The highest BCUT2D eigenvalue weighted by atomic mass is 16.6. The van der Waals surface area contributed by atoms with Gasteiger partial charge in [-0.3, -0.25) is 38.3 Å². The predicted molar refractivity (Wildman–Crippen MR) is 464 cm³/mol. The summed E-state index contributed by atoms with van der Waals surface area (Å²) in [6, 6.07) is -4.79. The molecular formula is C84H148N20O18. The summed E-state index contributed by atoms with van der Waals surface area (Å²) in [7, 11) is 0. The number of hydrogen-bond donors (Lipinski definition) is 11. The van der Waals surface area contributed by atoms with Gasteiger partial charge in [0.2, 0.25) is 23.6 Å². The molecule has 0 saturated heterocycles. The predicted octanol–water partition coefficient (Wildman–Crippen LogP) is 7.90. The number of rotatable bonds is 76. The van der Waals surface area contributed by atoms with Crippen molar-refractivity contribution in [3.8, 4) is 0 Å². The van der Waals surface area contributed by atoms with Crippen molar-refractivity contribution in [2.24, 2.45) is 16.5 Å². The van der Waals surface area contributed by atoms with Gasteiger partial charge in [-0.1, -0.05) is 149 Å². The molecule has 0 aliphatic heterocycles. The third kappa shape index (κ3) is 65.3. The molecule has 0 radical (unpaired) electrons. The number of amides is 5. The second-order valence-electron chi connectivity index (χ2n) is 28.9. The third-order valence-corrected chi connectivity index (χ3v) is 18.1. The smallest absolute Gasteiger partial charge is 0.407 e. The molecule has 4 aromatic heterocycles. The number of allylic oxidation sites excluding steroid dienone is 4. The average Bonchev–Trinajstić information content (AvgIpc) is 1.48. The number of nitrogens with two attached hydrogens (primary N) is 2. The molecule has 0 aromatic carbocycles. The van der Waals surface area contributed by atoms with Gasteiger partial charge in [0, 0.05) is 32.0 Å². The summed E-state index contributed by atoms with van der Waals surface area (Å²) in [6.07, 6.45) is 52.6. The van der Waals surface area contributed by atoms with E-state index in [0.29, 0.717) is 53.0 Å². The number of aliphatic hydroxyl groups excluding tert-OH is 2. The van der Waals surface area contributed by atoms with E-state index in [4.69, 9.17) is 65.1 Å². The van der Waals surface area contributed by atoms with Gasteiger partial charge in [-0.05, 0) is 128 Å². The summed E-state index contributed by atoms with van der Waals surface area (Å²) >= 11 is 0. The lowest BCUT2D eigenvalue weighted by Gasteiger charge is -2.21. The molecule has 13 N–H and O–H groups in total. The number of carbonyl (C=O) groups excluding carboxylic acids is 5. The number of aliphatic imine (C=N–C) groups is 1. The molecule has 0 saturated carbocycles. The highest BCUT2D eigenvalue weighted by Crippen LogP contribution is 2.13. The molecule has 3 atom stereocenters. The maximum atomic E-state index is 12.9. The largest absolute Gasteiger partial charge is 0.481 e. The Hall–Kier alpha value is -9.44. The third-order valence-electron chi connectivity index (χ3n) is 18.1. The van der Waals surface area contributed by atoms with Crippen LogP contribution in [-0.4, -0.2) is 252 Å². The van der Waals surface area contributed by atoms with Crippen molar-refractivity contribution < 1.29 is 87.1 Å². The molecule has 122 heavy (non-hydrogen) atoms. The fourth-order valence-corrected chi connectivity index (χ4v) is 11.4. The minimum atomic E-state index is -1.77. The zero-order valence-electron chi connectivity index (χ0n) is 73.0. The number of carbonyl (C=O) groups is 7. The number of ether oxygens (including phenoxy) is 7. The minimum Gasteiger partial charge on any atom is -0.481 e. The van der Waals surface area contributed by atoms with E-state index in [1.807, 2.05) is 51.4 Å². The van der Waals surface area contributed by atoms with Crippen molar-refractivity contribution in [2.45, 2.75) is 283 Å². The van der Waals surface area contributed by atoms with E-state index >= 15 is 0 Å². The molecule has 4 aromatic rings. The van der Waals surface area contributed by atoms with E-state index < -0.39 is 85.9 Å². The van der Waals surface area contributed by atoms with Crippen LogP contribution in [0.3, 0.4) is 0 Å². The first-order chi connectivity index (χ1) is 59.3. The van der Waals surface area contributed by atoms with Gasteiger partial charge in [-0.2, -0.15) is 0 Å². The zero-order chi connectivity index (χ0) is 89.4. The number of carboxylic acids is 2. The number of aryl methyl sites for hydroxylation is 6. The second kappa shape index (κ2) is 78.8. The van der Waals surface area contributed by atoms with Crippen LogP contribution >= 0.6 is 0 Å². The molecule has 0 unspecified atom stereocenters. The van der Waals surface area contributed by atoms with Crippen LogP contribution in [0.1, 0.15) is 236 Å². The van der Waals surface area contributed by atoms with E-state index in [0.717, 1.165) is 113 Å². The van der Waals surface area contributed by atoms with Crippen LogP contribution in [-0.2, 0) is 114 Å². The molecule has 38 nitrogen and oxygen atoms in total. The molecule has 0 bridgehead atoms. The normalized spacial score (nSPS) is 11.5. The van der Waals surface area contributed by atoms with Crippen LogP contribution in [0.25, 0.3) is 0 Å². The standard InChI is InChI=1S/C34H57N11O14.2C17H31N3.C16H29N3O4/c1-2-3-4-5-6-8-23-20-45(44-43-23)22-58-14-13-56-11-12-57-15-16-59-34(55)39-19-28(48)40-24(9-7-10-37-33(35)36)30(51)38-18-27(47)41-25(17-29(49)50)31(52)42-26(21-46)32(53)54;2*1-3-5-7-9-11-13-15-20-16-17(18-19-20)14-12-10-8-6-4-2;1-2-3-4-5-6-7-16-14-19(18-17-16)15-23-13-12-22-11-10-21-9-8-20/h2,20,24-26,46H,1,3-19,21-22H2,(H,38,51)(H,39,55)(H,40,48)(H,41,47)(H,42,52)(H,49,50)(H,53,54)(H4,35,36,37);2*4,16H,2-3,5-15H2,1H3;2,14,20H,1,3-13,15H2/t24-,25-,26-;;;/m0.../s1. The first-order valence-corrected chi connectivity index (χ1v) is 43.6. The summed E-state index contributed by atoms with van der Waals surface area (Å²) in [6.45, 7) is 23.2. The molecule has 4 rings (SSSR count). The number of unbranched alkanes of at least 4 members (excludes halogenated alkanes) is 22. The van der Waals surface area contributed by atoms with Gasteiger partial charge in [-0.25, -0.2) is 19.0 Å². The lowest BCUT2D eigenvalue weighted by molar-refractivity contribution is -0.144. The minimum absolute atomic E-state index is 0.0303. The molecule has 0 spiro atoms. The molecule has 0 fully saturated rings. The van der Waals surface area contributed by atoms with Gasteiger partial charge in [0.05, 0.1) is 127 Å². The number of aliphatic carboxylic acids is 2. The maximum absolute atomic E-state index is 12.9. The van der Waals surface area contributed by atoms with Gasteiger partial charge >= 0.3 is 18.0 Å². The maximum Gasteiger partial charge on any atom is 0.407 e. The van der Waals surface area contributed by atoms with Crippen molar-refractivity contribution in [3.63, 3.8) is 0 Å². The average molecular weight is 1730 g/mol. The Morgan fingerprint density at radius 1 is 0.434 bits per heavy atom. The fraction of sp³-hybridized carbons (Fsp3) is 0.714. The van der Waals surface area contributed by atoms with Crippen molar-refractivity contribution >= 4 is 47.6 Å². The first-order valence-electron chi connectivity index (χ1n) is 43.6. The van der Waals surface area contributed by atoms with Crippen LogP contribution in [0.5, 0.6) is 0 Å². The van der Waals surface area contributed by atoms with E-state index in [1.165, 1.54) is 128 Å². The zero-order valence-corrected chi connectivity index (χ0v) is 73.0. The van der Waals surface area contributed by atoms with E-state index in [2.05, 4.69) is 120 Å². The Morgan fingerprint density at radius 2 is 0.803 bits per heavy atom. The van der Waals surface area contributed by atoms with Crippen molar-refractivity contribution in [1.82, 2.24) is 86.6 Å². The van der Waals surface area contributed by atoms with Crippen molar-refractivity contribution in [2.75, 3.05) is 106 Å². The number of aliphatic hydroxyl groups is 2. The first kappa shape index (κ1) is 111. The SMILES string of the molecule is C=CCCCCCc1cn(CCCCCCCC)nn1.C=CCCCCCc1cn(CCCCCCCC)nn1.C=CCCCCCc1cn(COCCOCCOCCO)nn1.C=CCCCCCc1cn(COCCOCCOCCOC(=O)NCC(=O)N[C@@H](CCCN=C(N)N)C(=O)NCC(=O)N[C@@H](CC(=O)O)C(=O)N[C@@H](CO)C(=O)O)nn1. The Kier molecular flexibility index (Phi) is 71.4. The summed E-state index contributed by atoms with van der Waals surface area (Å²) in [5.41, 5.74) is 14.8. The number of aromatic nitrogens is 12. The molecule has 38 heteroatoms. The Labute approximate surface area is 721 Å². The van der Waals surface area contributed by atoms with Crippen LogP contribution in [0.2, 0.25) is 0 Å². The topological polar surface area (TPSA) is 512 Å². The summed E-state index contributed by atoms with van der Waals surface area (Å²) < 4.78 is 44.5. The Bertz CT molecular complexity index is 3300. The monoisotopic (exact) mass is 1730 g/mol. The number of alkyl carbamates (subject to hydrolysis) is 1. The quantitative estimate of drug-likeness (QED) is 0.00865. The lowest BCUT2D eigenvalue weighted by Crippen LogP contribution is -2.55. The molecule has 0 aliphatic carbocycles. The van der Waals surface area contributed by atoms with Crippen molar-refractivity contribution in [1.29, 1.82) is 0 Å². The molecule has 5 amide bonds. The van der Waals surface area contributed by atoms with Crippen LogP contribution in [0, 0.1) is 0 Å². The molecular weight excluding hydrogens is 1580 g/mol. The second-order valence-corrected chi connectivity index (χ2v) is 28.9.